The molecule has 1 saturated carbocycles. The molecule has 2 aromatic rings. The van der Waals surface area contributed by atoms with Gasteiger partial charge in [-0.3, -0.25) is 4.72 Å². The number of thiazole rings is 1. The fourth-order valence-electron chi connectivity index (χ4n) is 3.49. The molecule has 1 aromatic carbocycles. The summed E-state index contributed by atoms with van der Waals surface area (Å²) in [5.41, 5.74) is 6.50. The molecule has 3 rings (SSSR count). The molecule has 0 saturated heterocycles. The molecule has 0 radical (unpaired) electrons. The SMILES string of the molecule is N[C@@H]1CCCC[C@H]1NCCCCNc1cc(F)c(S(=O)(=O)Nc2nccs2)cc1Cl. The van der Waals surface area contributed by atoms with Crippen molar-refractivity contribution in [1.82, 2.24) is 10.3 Å². The van der Waals surface area contributed by atoms with Crippen LogP contribution in [0.25, 0.3) is 0 Å². The minimum atomic E-state index is -4.11. The Bertz CT molecular complexity index is 927. The van der Waals surface area contributed by atoms with E-state index < -0.39 is 20.7 Å². The third-order valence-electron chi connectivity index (χ3n) is 5.11. The van der Waals surface area contributed by atoms with Gasteiger partial charge in [0.25, 0.3) is 10.0 Å². The van der Waals surface area contributed by atoms with Gasteiger partial charge in [-0.15, -0.1) is 11.3 Å². The highest BCUT2D eigenvalue weighted by Crippen LogP contribution is 2.29. The molecule has 2 atom stereocenters. The van der Waals surface area contributed by atoms with Crippen molar-refractivity contribution in [3.05, 3.63) is 34.5 Å². The highest BCUT2D eigenvalue weighted by molar-refractivity contribution is 7.93. The zero-order valence-electron chi connectivity index (χ0n) is 16.5. The van der Waals surface area contributed by atoms with Crippen LogP contribution in [0.3, 0.4) is 0 Å². The first-order chi connectivity index (χ1) is 14.4. The van der Waals surface area contributed by atoms with Crippen LogP contribution in [0.2, 0.25) is 5.02 Å². The van der Waals surface area contributed by atoms with Gasteiger partial charge in [0.15, 0.2) is 5.13 Å². The van der Waals surface area contributed by atoms with Crippen LogP contribution in [0, 0.1) is 5.82 Å². The molecule has 1 fully saturated rings. The smallest absolute Gasteiger partial charge is 0.266 e. The summed E-state index contributed by atoms with van der Waals surface area (Å²) in [6, 6.07) is 2.85. The Labute approximate surface area is 185 Å². The molecule has 7 nitrogen and oxygen atoms in total. The molecule has 1 aliphatic carbocycles. The average Bonchev–Trinajstić information content (AvgIpc) is 3.20. The quantitative estimate of drug-likeness (QED) is 0.389. The first-order valence-corrected chi connectivity index (χ1v) is 12.7. The number of rotatable bonds is 10. The Kier molecular flexibility index (Phi) is 8.29. The number of sulfonamides is 1. The highest BCUT2D eigenvalue weighted by Gasteiger charge is 2.23. The van der Waals surface area contributed by atoms with Crippen molar-refractivity contribution in [2.45, 2.75) is 55.5 Å². The predicted molar refractivity (Wildman–Crippen MR) is 120 cm³/mol. The normalized spacial score (nSPS) is 19.6. The highest BCUT2D eigenvalue weighted by atomic mass is 35.5. The van der Waals surface area contributed by atoms with E-state index in [1.54, 1.807) is 5.38 Å². The molecule has 1 heterocycles. The summed E-state index contributed by atoms with van der Waals surface area (Å²) in [6.45, 7) is 1.47. The van der Waals surface area contributed by atoms with Gasteiger partial charge in [0.1, 0.15) is 10.7 Å². The molecule has 1 aromatic heterocycles. The molecule has 5 N–H and O–H groups in total. The number of nitrogens with one attached hydrogen (secondary N) is 3. The first kappa shape index (κ1) is 23.2. The lowest BCUT2D eigenvalue weighted by Crippen LogP contribution is -2.47. The third-order valence-corrected chi connectivity index (χ3v) is 7.59. The Morgan fingerprint density at radius 1 is 1.23 bits per heavy atom. The molecule has 0 bridgehead atoms. The second-order valence-electron chi connectivity index (χ2n) is 7.35. The monoisotopic (exact) mass is 475 g/mol. The Hall–Kier alpha value is -1.46. The van der Waals surface area contributed by atoms with E-state index in [-0.39, 0.29) is 16.2 Å². The van der Waals surface area contributed by atoms with Gasteiger partial charge in [0.05, 0.1) is 10.7 Å². The van der Waals surface area contributed by atoms with Gasteiger partial charge in [-0.25, -0.2) is 17.8 Å². The largest absolute Gasteiger partial charge is 0.384 e. The molecule has 0 spiro atoms. The summed E-state index contributed by atoms with van der Waals surface area (Å²) in [6.07, 6.45) is 7.90. The van der Waals surface area contributed by atoms with E-state index >= 15 is 0 Å². The third kappa shape index (κ3) is 6.27. The van der Waals surface area contributed by atoms with Crippen molar-refractivity contribution in [2.75, 3.05) is 23.1 Å². The number of hydrogen-bond acceptors (Lipinski definition) is 7. The standard InChI is InChI=1S/C19H27ClFN5O2S2/c20-13-11-18(30(27,28)26-19-25-9-10-29-19)14(21)12-17(13)24-8-4-3-7-23-16-6-2-1-5-15(16)22/h9-12,15-16,23-24H,1-8,22H2,(H,25,26)/t15-,16-/m1/s1. The van der Waals surface area contributed by atoms with Crippen molar-refractivity contribution < 1.29 is 12.8 Å². The van der Waals surface area contributed by atoms with E-state index in [2.05, 4.69) is 20.3 Å². The molecule has 1 aliphatic rings. The van der Waals surface area contributed by atoms with Gasteiger partial charge in [-0.2, -0.15) is 0 Å². The van der Waals surface area contributed by atoms with Crippen molar-refractivity contribution >= 4 is 43.8 Å². The van der Waals surface area contributed by atoms with E-state index in [0.29, 0.717) is 18.3 Å². The Morgan fingerprint density at radius 2 is 2.00 bits per heavy atom. The van der Waals surface area contributed by atoms with Gasteiger partial charge in [-0.1, -0.05) is 24.4 Å². The molecule has 0 amide bonds. The number of halogens is 2. The number of unbranched alkanes of at least 4 members (excludes halogenated alkanes) is 1. The van der Waals surface area contributed by atoms with Gasteiger partial charge in [0, 0.05) is 30.2 Å². The van der Waals surface area contributed by atoms with Crippen LogP contribution in [0.4, 0.5) is 15.2 Å². The summed E-state index contributed by atoms with van der Waals surface area (Å²) < 4.78 is 41.5. The first-order valence-electron chi connectivity index (χ1n) is 10.0. The molecule has 0 unspecified atom stereocenters. The van der Waals surface area contributed by atoms with Gasteiger partial charge in [0.2, 0.25) is 0 Å². The van der Waals surface area contributed by atoms with Crippen molar-refractivity contribution in [1.29, 1.82) is 0 Å². The zero-order chi connectivity index (χ0) is 21.6. The lowest BCUT2D eigenvalue weighted by molar-refractivity contribution is 0.327. The number of hydrogen-bond donors (Lipinski definition) is 4. The van der Waals surface area contributed by atoms with E-state index in [0.717, 1.165) is 55.7 Å². The maximum atomic E-state index is 14.5. The van der Waals surface area contributed by atoms with Crippen LogP contribution >= 0.6 is 22.9 Å². The maximum absolute atomic E-state index is 14.5. The van der Waals surface area contributed by atoms with Gasteiger partial charge in [-0.05, 0) is 44.4 Å². The van der Waals surface area contributed by atoms with E-state index in [9.17, 15) is 12.8 Å². The van der Waals surface area contributed by atoms with Crippen LogP contribution in [0.1, 0.15) is 38.5 Å². The van der Waals surface area contributed by atoms with E-state index in [1.807, 2.05) is 0 Å². The minimum absolute atomic E-state index is 0.141. The maximum Gasteiger partial charge on any atom is 0.266 e. The van der Waals surface area contributed by atoms with Gasteiger partial charge < -0.3 is 16.4 Å². The summed E-state index contributed by atoms with van der Waals surface area (Å²) >= 11 is 7.29. The topological polar surface area (TPSA) is 109 Å². The van der Waals surface area contributed by atoms with Crippen molar-refractivity contribution in [3.63, 3.8) is 0 Å². The van der Waals surface area contributed by atoms with Crippen LogP contribution < -0.4 is 21.1 Å². The van der Waals surface area contributed by atoms with Crippen molar-refractivity contribution in [3.8, 4) is 0 Å². The molecule has 0 aliphatic heterocycles. The van der Waals surface area contributed by atoms with Crippen LogP contribution in [-0.2, 0) is 10.0 Å². The number of nitrogens with two attached hydrogens (primary N) is 1. The number of benzene rings is 1. The molecule has 11 heteroatoms. The number of anilines is 2. The summed E-state index contributed by atoms with van der Waals surface area (Å²) in [5.74, 6) is -0.876. The zero-order valence-corrected chi connectivity index (χ0v) is 18.9. The van der Waals surface area contributed by atoms with Crippen molar-refractivity contribution in [2.24, 2.45) is 5.73 Å². The number of nitrogens with zero attached hydrogens (tertiary/aromatic N) is 1. The lowest BCUT2D eigenvalue weighted by Gasteiger charge is -2.29. The lowest BCUT2D eigenvalue weighted by atomic mass is 9.91. The summed E-state index contributed by atoms with van der Waals surface area (Å²) in [5, 5.41) is 8.51. The van der Waals surface area contributed by atoms with Crippen LogP contribution in [0.5, 0.6) is 0 Å². The summed E-state index contributed by atoms with van der Waals surface area (Å²) in [7, 11) is -4.11. The fourth-order valence-corrected chi connectivity index (χ4v) is 5.66. The van der Waals surface area contributed by atoms with Gasteiger partial charge >= 0.3 is 0 Å². The van der Waals surface area contributed by atoms with Crippen LogP contribution in [-0.4, -0.2) is 38.6 Å². The Balaban J connectivity index is 1.48. The van der Waals surface area contributed by atoms with E-state index in [4.69, 9.17) is 17.3 Å². The number of aromatic nitrogens is 1. The molecular weight excluding hydrogens is 449 g/mol. The Morgan fingerprint density at radius 3 is 2.73 bits per heavy atom. The van der Waals surface area contributed by atoms with Crippen LogP contribution in [0.15, 0.2) is 28.6 Å². The molecular formula is C19H27ClFN5O2S2. The summed E-state index contributed by atoms with van der Waals surface area (Å²) in [4.78, 5) is 3.33. The molecule has 166 valence electrons. The minimum Gasteiger partial charge on any atom is -0.384 e. The fraction of sp³-hybridized carbons (Fsp3) is 0.526. The average molecular weight is 476 g/mol. The second kappa shape index (κ2) is 10.7. The second-order valence-corrected chi connectivity index (χ2v) is 10.3. The van der Waals surface area contributed by atoms with E-state index in [1.165, 1.54) is 19.0 Å². The molecule has 30 heavy (non-hydrogen) atoms. The predicted octanol–water partition coefficient (Wildman–Crippen LogP) is 3.79.